The zero-order chi connectivity index (χ0) is 13.0. The highest BCUT2D eigenvalue weighted by molar-refractivity contribution is 9.10. The fraction of sp³-hybridized carbons (Fsp3) is 0.545. The Morgan fingerprint density at radius 2 is 2.24 bits per heavy atom. The minimum Gasteiger partial charge on any atom is -0.393 e. The number of aliphatic hydroxyl groups excluding tert-OH is 1. The molecule has 1 aromatic rings. The first kappa shape index (κ1) is 14.1. The van der Waals surface area contributed by atoms with Crippen LogP contribution in [0.15, 0.2) is 16.7 Å². The van der Waals surface area contributed by atoms with Gasteiger partial charge in [-0.1, -0.05) is 13.8 Å². The van der Waals surface area contributed by atoms with E-state index in [0.29, 0.717) is 22.5 Å². The molecule has 0 aliphatic carbocycles. The van der Waals surface area contributed by atoms with Gasteiger partial charge >= 0.3 is 0 Å². The second-order valence-electron chi connectivity index (χ2n) is 4.36. The summed E-state index contributed by atoms with van der Waals surface area (Å²) < 4.78 is 0.561. The molecule has 5 nitrogen and oxygen atoms in total. The molecule has 0 aliphatic heterocycles. The van der Waals surface area contributed by atoms with Crippen molar-refractivity contribution >= 4 is 21.6 Å². The first-order valence-corrected chi connectivity index (χ1v) is 6.16. The number of nitro groups is 1. The predicted octanol–water partition coefficient (Wildman–Crippen LogP) is 2.70. The van der Waals surface area contributed by atoms with Gasteiger partial charge in [-0.25, -0.2) is 0 Å². The molecule has 1 rings (SSSR count). The van der Waals surface area contributed by atoms with E-state index in [1.165, 1.54) is 12.3 Å². The molecule has 0 aliphatic rings. The number of halogens is 1. The van der Waals surface area contributed by atoms with Crippen molar-refractivity contribution in [2.24, 2.45) is 5.92 Å². The molecule has 0 saturated heterocycles. The van der Waals surface area contributed by atoms with Crippen LogP contribution in [0.5, 0.6) is 0 Å². The highest BCUT2D eigenvalue weighted by Crippen LogP contribution is 2.23. The van der Waals surface area contributed by atoms with Crippen LogP contribution in [0.25, 0.3) is 0 Å². The van der Waals surface area contributed by atoms with Gasteiger partial charge in [-0.2, -0.15) is 0 Å². The van der Waals surface area contributed by atoms with E-state index in [9.17, 15) is 15.2 Å². The van der Waals surface area contributed by atoms with Gasteiger partial charge in [0.25, 0.3) is 5.69 Å². The minimum absolute atomic E-state index is 0.0535. The fourth-order valence-corrected chi connectivity index (χ4v) is 1.94. The second kappa shape index (κ2) is 6.07. The minimum atomic E-state index is -0.595. The smallest absolute Gasteiger partial charge is 0.291 e. The Morgan fingerprint density at radius 3 is 2.76 bits per heavy atom. The number of aliphatic hydroxyl groups is 1. The molecular weight excluding hydrogens is 288 g/mol. The van der Waals surface area contributed by atoms with Gasteiger partial charge in [-0.05, 0) is 28.3 Å². The van der Waals surface area contributed by atoms with Gasteiger partial charge < -0.3 is 5.11 Å². The van der Waals surface area contributed by atoms with E-state index in [0.717, 1.165) is 0 Å². The molecule has 0 bridgehead atoms. The van der Waals surface area contributed by atoms with Crippen molar-refractivity contribution in [2.75, 3.05) is 0 Å². The van der Waals surface area contributed by atoms with E-state index in [1.54, 1.807) is 0 Å². The Morgan fingerprint density at radius 1 is 1.59 bits per heavy atom. The summed E-state index contributed by atoms with van der Waals surface area (Å²) in [6, 6.07) is 1.41. The van der Waals surface area contributed by atoms with Crippen molar-refractivity contribution in [1.29, 1.82) is 0 Å². The zero-order valence-corrected chi connectivity index (χ0v) is 11.3. The van der Waals surface area contributed by atoms with Gasteiger partial charge in [-0.15, -0.1) is 0 Å². The maximum absolute atomic E-state index is 10.8. The molecule has 0 radical (unpaired) electrons. The number of hydrogen-bond acceptors (Lipinski definition) is 4. The molecule has 0 fully saturated rings. The summed E-state index contributed by atoms with van der Waals surface area (Å²) in [5.74, 6) is 0.347. The Labute approximate surface area is 108 Å². The summed E-state index contributed by atoms with van der Waals surface area (Å²) in [6.07, 6.45) is 1.73. The summed E-state index contributed by atoms with van der Waals surface area (Å²) in [5.41, 5.74) is 0.272. The molecule has 0 amide bonds. The quantitative estimate of drug-likeness (QED) is 0.670. The topological polar surface area (TPSA) is 76.3 Å². The van der Waals surface area contributed by atoms with Crippen LogP contribution >= 0.6 is 15.9 Å². The average molecular weight is 303 g/mol. The Bertz CT molecular complexity index is 410. The van der Waals surface area contributed by atoms with Crippen molar-refractivity contribution in [3.63, 3.8) is 0 Å². The van der Waals surface area contributed by atoms with Crippen molar-refractivity contribution in [3.8, 4) is 0 Å². The lowest BCUT2D eigenvalue weighted by Crippen LogP contribution is -2.15. The highest BCUT2D eigenvalue weighted by Gasteiger charge is 2.19. The van der Waals surface area contributed by atoms with E-state index in [4.69, 9.17) is 0 Å². The molecule has 1 N–H and O–H groups in total. The molecule has 94 valence electrons. The summed E-state index contributed by atoms with van der Waals surface area (Å²) in [5, 5.41) is 20.6. The summed E-state index contributed by atoms with van der Waals surface area (Å²) >= 11 is 3.14. The SMILES string of the molecule is CC(C)CC(O)Cc1ncc(Br)cc1[N+](=O)[O-]. The van der Waals surface area contributed by atoms with E-state index in [-0.39, 0.29) is 12.1 Å². The number of hydrogen-bond donors (Lipinski definition) is 1. The monoisotopic (exact) mass is 302 g/mol. The van der Waals surface area contributed by atoms with Gasteiger partial charge in [-0.3, -0.25) is 15.1 Å². The van der Waals surface area contributed by atoms with Crippen LogP contribution < -0.4 is 0 Å². The number of pyridine rings is 1. The van der Waals surface area contributed by atoms with E-state index < -0.39 is 11.0 Å². The van der Waals surface area contributed by atoms with Crippen LogP contribution in [-0.2, 0) is 6.42 Å². The van der Waals surface area contributed by atoms with Crippen LogP contribution in [0.4, 0.5) is 5.69 Å². The molecule has 1 unspecified atom stereocenters. The maximum atomic E-state index is 10.8. The summed E-state index contributed by atoms with van der Waals surface area (Å²) in [6.45, 7) is 3.99. The van der Waals surface area contributed by atoms with Crippen LogP contribution in [0.1, 0.15) is 26.0 Å². The molecule has 0 spiro atoms. The third kappa shape index (κ3) is 4.40. The number of aromatic nitrogens is 1. The standard InChI is InChI=1S/C11H15BrN2O3/c1-7(2)3-9(15)5-10-11(14(16)17)4-8(12)6-13-10/h4,6-7,9,15H,3,5H2,1-2H3. The molecular formula is C11H15BrN2O3. The lowest BCUT2D eigenvalue weighted by Gasteiger charge is -2.12. The summed E-state index contributed by atoms with van der Waals surface area (Å²) in [7, 11) is 0. The average Bonchev–Trinajstić information content (AvgIpc) is 2.19. The first-order chi connectivity index (χ1) is 7.90. The maximum Gasteiger partial charge on any atom is 0.291 e. The number of rotatable bonds is 5. The zero-order valence-electron chi connectivity index (χ0n) is 9.76. The van der Waals surface area contributed by atoms with Crippen molar-refractivity contribution in [3.05, 3.63) is 32.5 Å². The van der Waals surface area contributed by atoms with Gasteiger partial charge in [0.1, 0.15) is 5.69 Å². The van der Waals surface area contributed by atoms with Crippen LogP contribution in [-0.4, -0.2) is 21.1 Å². The largest absolute Gasteiger partial charge is 0.393 e. The second-order valence-corrected chi connectivity index (χ2v) is 5.28. The molecule has 1 atom stereocenters. The highest BCUT2D eigenvalue weighted by atomic mass is 79.9. The molecule has 0 saturated carbocycles. The fourth-order valence-electron chi connectivity index (χ4n) is 1.62. The molecule has 6 heteroatoms. The van der Waals surface area contributed by atoms with E-state index >= 15 is 0 Å². The normalized spacial score (nSPS) is 12.8. The molecule has 0 aromatic carbocycles. The molecule has 1 aromatic heterocycles. The van der Waals surface area contributed by atoms with Crippen LogP contribution in [0.2, 0.25) is 0 Å². The Balaban J connectivity index is 2.86. The molecule has 1 heterocycles. The van der Waals surface area contributed by atoms with Gasteiger partial charge in [0.05, 0.1) is 11.0 Å². The third-order valence-electron chi connectivity index (χ3n) is 2.28. The van der Waals surface area contributed by atoms with E-state index in [1.807, 2.05) is 13.8 Å². The van der Waals surface area contributed by atoms with Crippen LogP contribution in [0.3, 0.4) is 0 Å². The predicted molar refractivity (Wildman–Crippen MR) is 67.8 cm³/mol. The molecule has 17 heavy (non-hydrogen) atoms. The Hall–Kier alpha value is -1.01. The Kier molecular flexibility index (Phi) is 5.02. The van der Waals surface area contributed by atoms with Gasteiger partial charge in [0, 0.05) is 23.2 Å². The summed E-state index contributed by atoms with van der Waals surface area (Å²) in [4.78, 5) is 14.4. The third-order valence-corrected chi connectivity index (χ3v) is 2.72. The van der Waals surface area contributed by atoms with E-state index in [2.05, 4.69) is 20.9 Å². The van der Waals surface area contributed by atoms with Crippen molar-refractivity contribution in [1.82, 2.24) is 4.98 Å². The lowest BCUT2D eigenvalue weighted by molar-refractivity contribution is -0.386. The first-order valence-electron chi connectivity index (χ1n) is 5.37. The lowest BCUT2D eigenvalue weighted by atomic mass is 10.0. The van der Waals surface area contributed by atoms with Gasteiger partial charge in [0.15, 0.2) is 0 Å². The van der Waals surface area contributed by atoms with Gasteiger partial charge in [0.2, 0.25) is 0 Å². The van der Waals surface area contributed by atoms with Crippen molar-refractivity contribution in [2.45, 2.75) is 32.8 Å². The number of nitrogens with zero attached hydrogens (tertiary/aromatic N) is 2. The van der Waals surface area contributed by atoms with Crippen molar-refractivity contribution < 1.29 is 10.0 Å². The van der Waals surface area contributed by atoms with Crippen LogP contribution in [0, 0.1) is 16.0 Å².